The highest BCUT2D eigenvalue weighted by molar-refractivity contribution is 5.66. The third-order valence-electron chi connectivity index (χ3n) is 1.61. The predicted molar refractivity (Wildman–Crippen MR) is 47.4 cm³/mol. The molecule has 0 saturated carbocycles. The molecule has 0 aromatic carbocycles. The van der Waals surface area contributed by atoms with Gasteiger partial charge in [-0.05, 0) is 19.1 Å². The molecule has 0 amide bonds. The van der Waals surface area contributed by atoms with Gasteiger partial charge in [0, 0.05) is 6.54 Å². The maximum Gasteiger partial charge on any atom is 0.304 e. The highest BCUT2D eigenvalue weighted by Crippen LogP contribution is 2.04. The molecule has 0 atom stereocenters. The van der Waals surface area contributed by atoms with Crippen molar-refractivity contribution in [2.24, 2.45) is 0 Å². The Morgan fingerprint density at radius 1 is 1.62 bits per heavy atom. The molecule has 0 bridgehead atoms. The van der Waals surface area contributed by atoms with Crippen LogP contribution < -0.4 is 5.32 Å². The molecule has 0 saturated heterocycles. The van der Waals surface area contributed by atoms with Crippen LogP contribution in [0.25, 0.3) is 0 Å². The Bertz CT molecular complexity index is 280. The Morgan fingerprint density at radius 2 is 2.38 bits per heavy atom. The zero-order chi connectivity index (χ0) is 9.68. The minimum absolute atomic E-state index is 0.139. The van der Waals surface area contributed by atoms with Crippen molar-refractivity contribution in [2.75, 3.05) is 6.54 Å². The highest BCUT2D eigenvalue weighted by atomic mass is 16.4. The average molecular weight is 183 g/mol. The van der Waals surface area contributed by atoms with Gasteiger partial charge in [-0.25, -0.2) is 0 Å². The van der Waals surface area contributed by atoms with Gasteiger partial charge < -0.3 is 14.8 Å². The second-order valence-corrected chi connectivity index (χ2v) is 2.83. The van der Waals surface area contributed by atoms with Gasteiger partial charge in [-0.15, -0.1) is 0 Å². The number of hydrogen-bond donors (Lipinski definition) is 2. The second kappa shape index (κ2) is 4.67. The second-order valence-electron chi connectivity index (χ2n) is 2.83. The topological polar surface area (TPSA) is 62.5 Å². The molecule has 0 aliphatic carbocycles. The molecule has 0 aliphatic rings. The molecule has 1 rings (SSSR count). The van der Waals surface area contributed by atoms with E-state index in [1.165, 1.54) is 0 Å². The first-order valence-electron chi connectivity index (χ1n) is 4.16. The Morgan fingerprint density at radius 3 is 2.92 bits per heavy atom. The summed E-state index contributed by atoms with van der Waals surface area (Å²) in [4.78, 5) is 10.2. The Hall–Kier alpha value is -1.29. The number of aryl methyl sites for hydroxylation is 1. The van der Waals surface area contributed by atoms with Crippen LogP contribution in [0.3, 0.4) is 0 Å². The van der Waals surface area contributed by atoms with E-state index in [1.807, 2.05) is 19.1 Å². The Labute approximate surface area is 76.6 Å². The summed E-state index contributed by atoms with van der Waals surface area (Å²) in [5.41, 5.74) is 0. The number of carboxylic acids is 1. The van der Waals surface area contributed by atoms with E-state index in [9.17, 15) is 4.79 Å². The van der Waals surface area contributed by atoms with E-state index in [1.54, 1.807) is 0 Å². The number of hydrogen-bond acceptors (Lipinski definition) is 3. The molecule has 1 aromatic heterocycles. The van der Waals surface area contributed by atoms with Crippen LogP contribution in [0, 0.1) is 6.92 Å². The van der Waals surface area contributed by atoms with Crippen LogP contribution in [0.1, 0.15) is 17.9 Å². The number of furan rings is 1. The van der Waals surface area contributed by atoms with Gasteiger partial charge in [-0.2, -0.15) is 0 Å². The zero-order valence-electron chi connectivity index (χ0n) is 7.54. The van der Waals surface area contributed by atoms with E-state index >= 15 is 0 Å². The summed E-state index contributed by atoms with van der Waals surface area (Å²) < 4.78 is 5.28. The van der Waals surface area contributed by atoms with Crippen LogP contribution >= 0.6 is 0 Å². The van der Waals surface area contributed by atoms with Crippen LogP contribution in [0.2, 0.25) is 0 Å². The van der Waals surface area contributed by atoms with Crippen molar-refractivity contribution in [2.45, 2.75) is 19.9 Å². The molecule has 0 unspecified atom stereocenters. The minimum atomic E-state index is -0.789. The number of carbonyl (C=O) groups is 1. The van der Waals surface area contributed by atoms with Crippen molar-refractivity contribution in [1.82, 2.24) is 5.32 Å². The van der Waals surface area contributed by atoms with E-state index in [2.05, 4.69) is 5.32 Å². The lowest BCUT2D eigenvalue weighted by Crippen LogP contribution is -2.17. The summed E-state index contributed by atoms with van der Waals surface area (Å²) in [7, 11) is 0. The molecule has 0 radical (unpaired) electrons. The number of aliphatic carboxylic acids is 1. The van der Waals surface area contributed by atoms with E-state index in [-0.39, 0.29) is 6.42 Å². The van der Waals surface area contributed by atoms with E-state index in [0.29, 0.717) is 13.1 Å². The molecule has 2 N–H and O–H groups in total. The van der Waals surface area contributed by atoms with Crippen molar-refractivity contribution in [3.63, 3.8) is 0 Å². The summed E-state index contributed by atoms with van der Waals surface area (Å²) in [6, 6.07) is 3.76. The fraction of sp³-hybridized carbons (Fsp3) is 0.444. The predicted octanol–water partition coefficient (Wildman–Crippen LogP) is 1.15. The van der Waals surface area contributed by atoms with Gasteiger partial charge in [-0.1, -0.05) is 0 Å². The zero-order valence-corrected chi connectivity index (χ0v) is 7.54. The lowest BCUT2D eigenvalue weighted by molar-refractivity contribution is -0.136. The fourth-order valence-electron chi connectivity index (χ4n) is 0.987. The van der Waals surface area contributed by atoms with Crippen LogP contribution in [0.15, 0.2) is 16.5 Å². The molecule has 0 fully saturated rings. The first kappa shape index (κ1) is 9.80. The lowest BCUT2D eigenvalue weighted by atomic mass is 10.4. The highest BCUT2D eigenvalue weighted by Gasteiger charge is 1.99. The fourth-order valence-corrected chi connectivity index (χ4v) is 0.987. The van der Waals surface area contributed by atoms with Crippen LogP contribution in [0.4, 0.5) is 0 Å². The molecule has 0 aliphatic heterocycles. The smallest absolute Gasteiger partial charge is 0.304 e. The van der Waals surface area contributed by atoms with Gasteiger partial charge in [0.1, 0.15) is 11.5 Å². The number of rotatable bonds is 5. The Balaban J connectivity index is 2.16. The van der Waals surface area contributed by atoms with E-state index in [4.69, 9.17) is 9.52 Å². The van der Waals surface area contributed by atoms with Crippen molar-refractivity contribution in [3.8, 4) is 0 Å². The van der Waals surface area contributed by atoms with Crippen LogP contribution in [0.5, 0.6) is 0 Å². The third kappa shape index (κ3) is 3.75. The largest absolute Gasteiger partial charge is 0.481 e. The molecule has 0 spiro atoms. The standard InChI is InChI=1S/C9H13NO3/c1-7-2-3-8(13-7)6-10-5-4-9(11)12/h2-3,10H,4-6H2,1H3,(H,11,12). The summed E-state index contributed by atoms with van der Waals surface area (Å²) >= 11 is 0. The number of nitrogens with one attached hydrogen (secondary N) is 1. The normalized spacial score (nSPS) is 10.2. The van der Waals surface area contributed by atoms with Crippen molar-refractivity contribution in [1.29, 1.82) is 0 Å². The van der Waals surface area contributed by atoms with Gasteiger partial charge >= 0.3 is 5.97 Å². The van der Waals surface area contributed by atoms with E-state index < -0.39 is 5.97 Å². The quantitative estimate of drug-likeness (QED) is 0.672. The van der Waals surface area contributed by atoms with E-state index in [0.717, 1.165) is 11.5 Å². The van der Waals surface area contributed by atoms with Crippen molar-refractivity contribution in [3.05, 3.63) is 23.7 Å². The average Bonchev–Trinajstić information content (AvgIpc) is 2.45. The maximum absolute atomic E-state index is 10.2. The van der Waals surface area contributed by atoms with Gasteiger partial charge in [0.05, 0.1) is 13.0 Å². The van der Waals surface area contributed by atoms with Crippen LogP contribution in [-0.4, -0.2) is 17.6 Å². The molecule has 13 heavy (non-hydrogen) atoms. The van der Waals surface area contributed by atoms with Gasteiger partial charge in [0.25, 0.3) is 0 Å². The van der Waals surface area contributed by atoms with Crippen molar-refractivity contribution < 1.29 is 14.3 Å². The first-order valence-corrected chi connectivity index (χ1v) is 4.16. The molecule has 4 nitrogen and oxygen atoms in total. The van der Waals surface area contributed by atoms with Gasteiger partial charge in [-0.3, -0.25) is 4.79 Å². The third-order valence-corrected chi connectivity index (χ3v) is 1.61. The molecular weight excluding hydrogens is 170 g/mol. The van der Waals surface area contributed by atoms with Crippen molar-refractivity contribution >= 4 is 5.97 Å². The van der Waals surface area contributed by atoms with Crippen LogP contribution in [-0.2, 0) is 11.3 Å². The summed E-state index contributed by atoms with van der Waals surface area (Å²) in [5.74, 6) is 0.918. The molecule has 4 heteroatoms. The summed E-state index contributed by atoms with van der Waals surface area (Å²) in [5, 5.41) is 11.3. The molecule has 72 valence electrons. The first-order chi connectivity index (χ1) is 6.18. The van der Waals surface area contributed by atoms with Gasteiger partial charge in [0.2, 0.25) is 0 Å². The lowest BCUT2D eigenvalue weighted by Gasteiger charge is -1.98. The molecular formula is C9H13NO3. The number of carboxylic acid groups (broad SMARTS) is 1. The summed E-state index contributed by atoms with van der Waals surface area (Å²) in [6.45, 7) is 2.93. The summed E-state index contributed by atoms with van der Waals surface area (Å²) in [6.07, 6.45) is 0.139. The molecule has 1 aromatic rings. The minimum Gasteiger partial charge on any atom is -0.481 e. The molecule has 1 heterocycles. The van der Waals surface area contributed by atoms with Gasteiger partial charge in [0.15, 0.2) is 0 Å². The SMILES string of the molecule is Cc1ccc(CNCCC(=O)O)o1. The maximum atomic E-state index is 10.2. The monoisotopic (exact) mass is 183 g/mol. The Kier molecular flexibility index (Phi) is 3.52.